The minimum Gasteiger partial charge on any atom is -0.493 e. The highest BCUT2D eigenvalue weighted by Gasteiger charge is 2.32. The molecular weight excluding hydrogens is 473 g/mol. The van der Waals surface area contributed by atoms with Crippen LogP contribution in [0.4, 0.5) is 20.9 Å². The summed E-state index contributed by atoms with van der Waals surface area (Å²) in [7, 11) is 1.52. The summed E-state index contributed by atoms with van der Waals surface area (Å²) in [5.41, 5.74) is 7.11. The average molecular weight is 498 g/mol. The van der Waals surface area contributed by atoms with Crippen molar-refractivity contribution in [3.63, 3.8) is 0 Å². The summed E-state index contributed by atoms with van der Waals surface area (Å²) in [5, 5.41) is 3.11. The Morgan fingerprint density at radius 3 is 3.00 bits per heavy atom. The van der Waals surface area contributed by atoms with Crippen molar-refractivity contribution in [3.05, 3.63) is 35.6 Å². The Kier molecular flexibility index (Phi) is 6.25. The molecule has 0 unspecified atom stereocenters. The van der Waals surface area contributed by atoms with E-state index in [2.05, 4.69) is 15.3 Å². The molecule has 2 amide bonds. The highest BCUT2D eigenvalue weighted by Crippen LogP contribution is 2.38. The molecule has 3 aromatic rings. The van der Waals surface area contributed by atoms with E-state index in [0.717, 1.165) is 19.4 Å². The maximum atomic E-state index is 13.6. The lowest BCUT2D eigenvalue weighted by Gasteiger charge is -2.20. The molecule has 0 aliphatic carbocycles. The summed E-state index contributed by atoms with van der Waals surface area (Å²) in [6.45, 7) is 0.982. The molecule has 0 bridgehead atoms. The highest BCUT2D eigenvalue weighted by atomic mass is 32.1. The molecule has 11 heteroatoms. The third kappa shape index (κ3) is 4.63. The van der Waals surface area contributed by atoms with Crippen molar-refractivity contribution in [2.75, 3.05) is 31.3 Å². The van der Waals surface area contributed by atoms with Gasteiger partial charge in [0.2, 0.25) is 5.91 Å². The smallest absolute Gasteiger partial charge is 0.256 e. The van der Waals surface area contributed by atoms with E-state index < -0.39 is 5.82 Å². The Morgan fingerprint density at radius 1 is 1.31 bits per heavy atom. The van der Waals surface area contributed by atoms with Crippen molar-refractivity contribution in [1.82, 2.24) is 9.88 Å². The summed E-state index contributed by atoms with van der Waals surface area (Å²) in [5.74, 6) is 0.0777. The Bertz CT molecular complexity index is 1300. The van der Waals surface area contributed by atoms with Crippen LogP contribution in [-0.2, 0) is 4.79 Å². The molecule has 1 aromatic heterocycles. The zero-order valence-corrected chi connectivity index (χ0v) is 19.9. The van der Waals surface area contributed by atoms with E-state index in [1.807, 2.05) is 11.1 Å². The van der Waals surface area contributed by atoms with E-state index >= 15 is 0 Å². The normalized spacial score (nSPS) is 16.7. The zero-order chi connectivity index (χ0) is 24.5. The Morgan fingerprint density at radius 2 is 2.17 bits per heavy atom. The van der Waals surface area contributed by atoms with Crippen LogP contribution in [0.15, 0.2) is 29.3 Å². The fourth-order valence-electron chi connectivity index (χ4n) is 4.23. The van der Waals surface area contributed by atoms with Gasteiger partial charge >= 0.3 is 0 Å². The second-order valence-corrected chi connectivity index (χ2v) is 9.40. The van der Waals surface area contributed by atoms with Crippen LogP contribution in [0.25, 0.3) is 10.2 Å². The summed E-state index contributed by atoms with van der Waals surface area (Å²) < 4.78 is 25.6. The van der Waals surface area contributed by atoms with Crippen LogP contribution in [-0.4, -0.2) is 54.2 Å². The predicted molar refractivity (Wildman–Crippen MR) is 133 cm³/mol. The van der Waals surface area contributed by atoms with Crippen molar-refractivity contribution >= 4 is 56.1 Å². The SMILES string of the molecule is COc1cc2c(cc1OCCCC(=O)Nc1nc3cc(F)c(N)cc3s1)N=C[C@@H]1CCCN1C2=O. The van der Waals surface area contributed by atoms with Crippen molar-refractivity contribution in [3.8, 4) is 11.5 Å². The van der Waals surface area contributed by atoms with E-state index in [9.17, 15) is 14.0 Å². The first-order chi connectivity index (χ1) is 16.9. The molecule has 2 aliphatic heterocycles. The molecule has 0 spiro atoms. The number of rotatable bonds is 7. The van der Waals surface area contributed by atoms with Gasteiger partial charge in [0, 0.05) is 31.3 Å². The topological polar surface area (TPSA) is 119 Å². The molecule has 2 aliphatic rings. The zero-order valence-electron chi connectivity index (χ0n) is 19.0. The van der Waals surface area contributed by atoms with Crippen LogP contribution in [0.5, 0.6) is 11.5 Å². The van der Waals surface area contributed by atoms with Gasteiger partial charge in [-0.25, -0.2) is 9.37 Å². The molecule has 1 atom stereocenters. The number of fused-ring (bicyclic) bond motifs is 3. The average Bonchev–Trinajstić information content (AvgIpc) is 3.43. The third-order valence-corrected chi connectivity index (χ3v) is 6.95. The number of aromatic nitrogens is 1. The van der Waals surface area contributed by atoms with E-state index in [1.54, 1.807) is 12.1 Å². The number of thiazole rings is 1. The lowest BCUT2D eigenvalue weighted by molar-refractivity contribution is -0.116. The van der Waals surface area contributed by atoms with Gasteiger partial charge in [-0.15, -0.1) is 0 Å². The Hall–Kier alpha value is -3.73. The highest BCUT2D eigenvalue weighted by molar-refractivity contribution is 7.22. The largest absolute Gasteiger partial charge is 0.493 e. The number of nitrogen functional groups attached to an aromatic ring is 1. The van der Waals surface area contributed by atoms with Crippen molar-refractivity contribution < 1.29 is 23.5 Å². The molecule has 1 fully saturated rings. The first-order valence-electron chi connectivity index (χ1n) is 11.3. The standard InChI is InChI=1S/C24H24FN5O4S/c1-33-19-8-14-17(27-12-13-4-2-6-30(13)23(14)32)11-20(19)34-7-3-5-22(31)29-24-28-18-9-15(25)16(26)10-21(18)35-24/h8-13H,2-7,26H2,1H3,(H,28,29,31)/t13-/m0/s1. The molecule has 35 heavy (non-hydrogen) atoms. The van der Waals surface area contributed by atoms with E-state index in [1.165, 1.54) is 30.6 Å². The summed E-state index contributed by atoms with van der Waals surface area (Å²) in [4.78, 5) is 35.9. The van der Waals surface area contributed by atoms with Gasteiger partial charge in [-0.05, 0) is 31.4 Å². The quantitative estimate of drug-likeness (QED) is 0.374. The molecule has 5 rings (SSSR count). The van der Waals surface area contributed by atoms with Crippen LogP contribution in [0.2, 0.25) is 0 Å². The maximum Gasteiger partial charge on any atom is 0.256 e. The number of methoxy groups -OCH3 is 1. The Balaban J connectivity index is 1.19. The van der Waals surface area contributed by atoms with Crippen molar-refractivity contribution in [2.24, 2.45) is 4.99 Å². The van der Waals surface area contributed by atoms with Gasteiger partial charge in [0.25, 0.3) is 5.91 Å². The van der Waals surface area contributed by atoms with Gasteiger partial charge in [-0.1, -0.05) is 11.3 Å². The van der Waals surface area contributed by atoms with Gasteiger partial charge in [0.15, 0.2) is 16.6 Å². The molecule has 0 radical (unpaired) electrons. The second kappa shape index (κ2) is 9.49. The number of aliphatic imine (C=N–C) groups is 1. The van der Waals surface area contributed by atoms with Crippen molar-refractivity contribution in [1.29, 1.82) is 0 Å². The number of nitrogens with one attached hydrogen (secondary N) is 1. The fourth-order valence-corrected chi connectivity index (χ4v) is 5.15. The number of nitrogens with zero attached hydrogens (tertiary/aromatic N) is 3. The number of carbonyl (C=O) groups is 2. The molecule has 1 saturated heterocycles. The molecule has 2 aromatic carbocycles. The molecule has 3 N–H and O–H groups in total. The van der Waals surface area contributed by atoms with Gasteiger partial charge in [-0.2, -0.15) is 0 Å². The van der Waals surface area contributed by atoms with Gasteiger partial charge in [0.05, 0.1) is 46.9 Å². The molecule has 0 saturated carbocycles. The molecular formula is C24H24FN5O4S. The van der Waals surface area contributed by atoms with Crippen LogP contribution in [0.3, 0.4) is 0 Å². The number of nitrogens with two attached hydrogens (primary N) is 1. The van der Waals surface area contributed by atoms with Gasteiger partial charge in [-0.3, -0.25) is 14.6 Å². The monoisotopic (exact) mass is 497 g/mol. The summed E-state index contributed by atoms with van der Waals surface area (Å²) in [6, 6.07) is 6.15. The number of benzene rings is 2. The fraction of sp³-hybridized carbons (Fsp3) is 0.333. The number of hydrogen-bond donors (Lipinski definition) is 2. The molecule has 182 valence electrons. The predicted octanol–water partition coefficient (Wildman–Crippen LogP) is 4.14. The van der Waals surface area contributed by atoms with Crippen molar-refractivity contribution in [2.45, 2.75) is 31.7 Å². The maximum absolute atomic E-state index is 13.6. The summed E-state index contributed by atoms with van der Waals surface area (Å²) in [6.07, 6.45) is 4.34. The van der Waals surface area contributed by atoms with Crippen LogP contribution < -0.4 is 20.5 Å². The first-order valence-corrected chi connectivity index (χ1v) is 12.1. The number of hydrogen-bond acceptors (Lipinski definition) is 8. The lowest BCUT2D eigenvalue weighted by atomic mass is 10.1. The minimum absolute atomic E-state index is 0.0237. The second-order valence-electron chi connectivity index (χ2n) is 8.37. The van der Waals surface area contributed by atoms with Gasteiger partial charge in [0.1, 0.15) is 5.82 Å². The van der Waals surface area contributed by atoms with E-state index in [4.69, 9.17) is 15.2 Å². The van der Waals surface area contributed by atoms with Gasteiger partial charge < -0.3 is 25.4 Å². The minimum atomic E-state index is -0.540. The number of carbonyl (C=O) groups excluding carboxylic acids is 2. The lowest BCUT2D eigenvalue weighted by Crippen LogP contribution is -2.35. The first kappa shape index (κ1) is 23.0. The summed E-state index contributed by atoms with van der Waals surface area (Å²) >= 11 is 1.23. The van der Waals surface area contributed by atoms with E-state index in [-0.39, 0.29) is 36.6 Å². The molecule has 3 heterocycles. The number of halogens is 1. The van der Waals surface area contributed by atoms with Crippen LogP contribution in [0.1, 0.15) is 36.0 Å². The third-order valence-electron chi connectivity index (χ3n) is 6.02. The number of anilines is 2. The van der Waals surface area contributed by atoms with Crippen LogP contribution >= 0.6 is 11.3 Å². The number of ether oxygens (including phenoxy) is 2. The number of amides is 2. The van der Waals surface area contributed by atoms with Crippen LogP contribution in [0, 0.1) is 5.82 Å². The molecule has 9 nitrogen and oxygen atoms in total. The Labute approximate surface area is 204 Å². The van der Waals surface area contributed by atoms with E-state index in [0.29, 0.717) is 44.5 Å².